The van der Waals surface area contributed by atoms with Crippen molar-refractivity contribution < 1.29 is 4.74 Å². The van der Waals surface area contributed by atoms with Crippen LogP contribution in [0.3, 0.4) is 0 Å². The normalized spacial score (nSPS) is 10.7. The molecular formula is C25H24N4O3. The van der Waals surface area contributed by atoms with E-state index in [1.165, 1.54) is 7.11 Å². The highest BCUT2D eigenvalue weighted by Crippen LogP contribution is 2.26. The smallest absolute Gasteiger partial charge is 0.316 e. The van der Waals surface area contributed by atoms with E-state index >= 15 is 0 Å². The summed E-state index contributed by atoms with van der Waals surface area (Å²) in [7, 11) is 3.18. The lowest BCUT2D eigenvalue weighted by atomic mass is 10.0. The number of hydrogen-bond donors (Lipinski definition) is 1. The second kappa shape index (κ2) is 8.93. The molecule has 0 unspecified atom stereocenters. The van der Waals surface area contributed by atoms with Gasteiger partial charge < -0.3 is 19.2 Å². The highest BCUT2D eigenvalue weighted by atomic mass is 16.5. The van der Waals surface area contributed by atoms with Crippen LogP contribution in [-0.2, 0) is 13.6 Å². The van der Waals surface area contributed by atoms with Crippen LogP contribution in [-0.4, -0.2) is 21.2 Å². The van der Waals surface area contributed by atoms with Crippen LogP contribution in [0.15, 0.2) is 82.6 Å². The Bertz CT molecular complexity index is 1370. The molecule has 0 radical (unpaired) electrons. The molecule has 0 saturated heterocycles. The SMILES string of the molecule is COc1cn(Cc2ccccc2)c(Nc2cc(-c3cccn(C)c3=O)ccc2C)nc1=O. The molecule has 4 rings (SSSR count). The van der Waals surface area contributed by atoms with Gasteiger partial charge in [-0.2, -0.15) is 4.98 Å². The van der Waals surface area contributed by atoms with Gasteiger partial charge in [-0.1, -0.05) is 42.5 Å². The van der Waals surface area contributed by atoms with Gasteiger partial charge in [-0.3, -0.25) is 9.59 Å². The van der Waals surface area contributed by atoms with Crippen LogP contribution in [0.5, 0.6) is 5.75 Å². The van der Waals surface area contributed by atoms with Crippen LogP contribution >= 0.6 is 0 Å². The predicted molar refractivity (Wildman–Crippen MR) is 126 cm³/mol. The van der Waals surface area contributed by atoms with E-state index in [2.05, 4.69) is 10.3 Å². The van der Waals surface area contributed by atoms with Crippen molar-refractivity contribution in [3.63, 3.8) is 0 Å². The highest BCUT2D eigenvalue weighted by molar-refractivity contribution is 5.71. The van der Waals surface area contributed by atoms with Crippen LogP contribution in [0.25, 0.3) is 11.1 Å². The Morgan fingerprint density at radius 2 is 1.81 bits per heavy atom. The van der Waals surface area contributed by atoms with Crippen molar-refractivity contribution >= 4 is 11.6 Å². The van der Waals surface area contributed by atoms with Gasteiger partial charge in [0.2, 0.25) is 11.7 Å². The van der Waals surface area contributed by atoms with E-state index in [4.69, 9.17) is 4.74 Å². The maximum atomic E-state index is 12.6. The molecule has 0 amide bonds. The first kappa shape index (κ1) is 21.1. The molecule has 7 nitrogen and oxygen atoms in total. The van der Waals surface area contributed by atoms with Gasteiger partial charge >= 0.3 is 5.56 Å². The predicted octanol–water partition coefficient (Wildman–Crippen LogP) is 3.72. The summed E-state index contributed by atoms with van der Waals surface area (Å²) in [6.45, 7) is 2.46. The molecule has 0 fully saturated rings. The lowest BCUT2D eigenvalue weighted by molar-refractivity contribution is 0.402. The third-order valence-corrected chi connectivity index (χ3v) is 5.30. The fourth-order valence-electron chi connectivity index (χ4n) is 3.48. The van der Waals surface area contributed by atoms with Crippen LogP contribution in [0.4, 0.5) is 11.6 Å². The molecule has 0 aliphatic rings. The molecule has 32 heavy (non-hydrogen) atoms. The van der Waals surface area contributed by atoms with E-state index in [0.717, 1.165) is 22.4 Å². The van der Waals surface area contributed by atoms with Gasteiger partial charge in [-0.15, -0.1) is 0 Å². The summed E-state index contributed by atoms with van der Waals surface area (Å²) in [6.07, 6.45) is 3.37. The van der Waals surface area contributed by atoms with Gasteiger partial charge in [0.05, 0.1) is 19.9 Å². The van der Waals surface area contributed by atoms with Crippen LogP contribution in [0, 0.1) is 6.92 Å². The van der Waals surface area contributed by atoms with Crippen molar-refractivity contribution in [3.05, 3.63) is 105 Å². The summed E-state index contributed by atoms with van der Waals surface area (Å²) in [5, 5.41) is 3.28. The van der Waals surface area contributed by atoms with E-state index in [-0.39, 0.29) is 11.3 Å². The largest absolute Gasteiger partial charge is 0.490 e. The first-order chi connectivity index (χ1) is 15.5. The molecule has 1 N–H and O–H groups in total. The van der Waals surface area contributed by atoms with E-state index < -0.39 is 5.56 Å². The van der Waals surface area contributed by atoms with E-state index in [0.29, 0.717) is 18.1 Å². The molecule has 0 spiro atoms. The molecule has 0 aliphatic heterocycles. The second-order valence-corrected chi connectivity index (χ2v) is 7.54. The minimum absolute atomic E-state index is 0.0779. The minimum Gasteiger partial charge on any atom is -0.490 e. The average Bonchev–Trinajstić information content (AvgIpc) is 2.79. The second-order valence-electron chi connectivity index (χ2n) is 7.54. The number of rotatable bonds is 6. The number of aryl methyl sites for hydroxylation is 2. The Balaban J connectivity index is 1.77. The number of nitrogens with one attached hydrogen (secondary N) is 1. The zero-order valence-electron chi connectivity index (χ0n) is 18.2. The number of anilines is 2. The van der Waals surface area contributed by atoms with Crippen molar-refractivity contribution in [1.29, 1.82) is 0 Å². The fraction of sp³-hybridized carbons (Fsp3) is 0.160. The standard InChI is InChI=1S/C25H24N4O3/c1-17-11-12-19(20-10-7-13-28(2)24(20)31)14-21(17)26-25-27-23(30)22(32-3)16-29(25)15-18-8-5-4-6-9-18/h4-14,16H,15H2,1-3H3,(H,26,27,30). The summed E-state index contributed by atoms with van der Waals surface area (Å²) in [5.74, 6) is 0.561. The summed E-state index contributed by atoms with van der Waals surface area (Å²) >= 11 is 0. The molecule has 4 aromatic rings. The zero-order chi connectivity index (χ0) is 22.7. The Morgan fingerprint density at radius 3 is 2.56 bits per heavy atom. The first-order valence-corrected chi connectivity index (χ1v) is 10.2. The van der Waals surface area contributed by atoms with Crippen molar-refractivity contribution in [3.8, 4) is 16.9 Å². The lowest BCUT2D eigenvalue weighted by Gasteiger charge is -2.17. The van der Waals surface area contributed by atoms with Crippen LogP contribution < -0.4 is 21.2 Å². The Labute approximate surface area is 185 Å². The molecular weight excluding hydrogens is 404 g/mol. The zero-order valence-corrected chi connectivity index (χ0v) is 18.2. The number of aromatic nitrogens is 3. The summed E-state index contributed by atoms with van der Waals surface area (Å²) in [4.78, 5) is 29.2. The van der Waals surface area contributed by atoms with Crippen molar-refractivity contribution in [2.45, 2.75) is 13.5 Å². The minimum atomic E-state index is -0.454. The molecule has 2 aromatic carbocycles. The molecule has 0 aliphatic carbocycles. The van der Waals surface area contributed by atoms with E-state index in [9.17, 15) is 9.59 Å². The van der Waals surface area contributed by atoms with Gasteiger partial charge in [0.1, 0.15) is 0 Å². The van der Waals surface area contributed by atoms with Crippen LogP contribution in [0.2, 0.25) is 0 Å². The van der Waals surface area contributed by atoms with Crippen LogP contribution in [0.1, 0.15) is 11.1 Å². The number of nitrogens with zero attached hydrogens (tertiary/aromatic N) is 3. The van der Waals surface area contributed by atoms with Crippen molar-refractivity contribution in [1.82, 2.24) is 14.1 Å². The molecule has 2 aromatic heterocycles. The number of ether oxygens (including phenoxy) is 1. The first-order valence-electron chi connectivity index (χ1n) is 10.2. The topological polar surface area (TPSA) is 78.2 Å². The average molecular weight is 428 g/mol. The summed E-state index contributed by atoms with van der Waals surface area (Å²) in [5.41, 5.74) is 3.62. The highest BCUT2D eigenvalue weighted by Gasteiger charge is 2.13. The molecule has 0 bridgehead atoms. The summed E-state index contributed by atoms with van der Waals surface area (Å²) < 4.78 is 8.58. The lowest BCUT2D eigenvalue weighted by Crippen LogP contribution is -2.19. The van der Waals surface area contributed by atoms with E-state index in [1.54, 1.807) is 30.1 Å². The molecule has 0 saturated carbocycles. The summed E-state index contributed by atoms with van der Waals surface area (Å²) in [6, 6.07) is 19.3. The van der Waals surface area contributed by atoms with Gasteiger partial charge in [0.15, 0.2) is 0 Å². The number of hydrogen-bond acceptors (Lipinski definition) is 5. The third kappa shape index (κ3) is 4.32. The Kier molecular flexibility index (Phi) is 5.89. The Hall–Kier alpha value is -4.13. The number of benzene rings is 2. The monoisotopic (exact) mass is 428 g/mol. The Morgan fingerprint density at radius 1 is 1.03 bits per heavy atom. The maximum Gasteiger partial charge on any atom is 0.316 e. The van der Waals surface area contributed by atoms with Crippen molar-refractivity contribution in [2.75, 3.05) is 12.4 Å². The molecule has 162 valence electrons. The molecule has 7 heteroatoms. The fourth-order valence-corrected chi connectivity index (χ4v) is 3.48. The van der Waals surface area contributed by atoms with Gasteiger partial charge in [0.25, 0.3) is 5.56 Å². The number of pyridine rings is 1. The van der Waals surface area contributed by atoms with E-state index in [1.807, 2.05) is 66.1 Å². The quantitative estimate of drug-likeness (QED) is 0.506. The molecule has 2 heterocycles. The molecule has 0 atom stereocenters. The van der Waals surface area contributed by atoms with Gasteiger partial charge in [-0.25, -0.2) is 0 Å². The number of methoxy groups -OCH3 is 1. The van der Waals surface area contributed by atoms with Gasteiger partial charge in [-0.05, 0) is 41.8 Å². The third-order valence-electron chi connectivity index (χ3n) is 5.30. The maximum absolute atomic E-state index is 12.6. The van der Waals surface area contributed by atoms with Crippen molar-refractivity contribution in [2.24, 2.45) is 7.05 Å². The van der Waals surface area contributed by atoms with Gasteiger partial charge in [0, 0.05) is 24.5 Å².